The van der Waals surface area contributed by atoms with Gasteiger partial charge in [0.15, 0.2) is 0 Å². The van der Waals surface area contributed by atoms with Crippen molar-refractivity contribution in [3.63, 3.8) is 0 Å². The molecule has 78 heavy (non-hydrogen) atoms. The Kier molecular flexibility index (Phi) is 20.2. The standard InChI is InChI=1S/2C33H36N2O4/c2*1-37-32-13-5-3-9-26(32)23-38-20-7-21-39-27-16-14-25(15-17-27)29-18-19-34-22-31(29)35-33(36)30-12-6-10-24-8-2-4-11-28(24)30/h2*2-6,8-17,29,31,34H,7,18-23H2,1H3,(H,35,36)/t2*29-,31-/m10/s1. The van der Waals surface area contributed by atoms with E-state index in [-0.39, 0.29) is 35.7 Å². The van der Waals surface area contributed by atoms with Crippen molar-refractivity contribution in [3.05, 3.63) is 215 Å². The molecule has 0 unspecified atom stereocenters. The lowest BCUT2D eigenvalue weighted by atomic mass is 9.85. The van der Waals surface area contributed by atoms with Crippen LogP contribution < -0.4 is 40.2 Å². The molecule has 10 rings (SSSR count). The van der Waals surface area contributed by atoms with E-state index in [1.165, 1.54) is 11.1 Å². The van der Waals surface area contributed by atoms with Gasteiger partial charge >= 0.3 is 0 Å². The number of piperidine rings is 2. The molecule has 0 aliphatic carbocycles. The molecule has 0 bridgehead atoms. The van der Waals surface area contributed by atoms with Crippen LogP contribution in [0.4, 0.5) is 0 Å². The Morgan fingerprint density at radius 1 is 0.462 bits per heavy atom. The summed E-state index contributed by atoms with van der Waals surface area (Å²) in [5, 5.41) is 17.6. The predicted molar refractivity (Wildman–Crippen MR) is 309 cm³/mol. The summed E-state index contributed by atoms with van der Waals surface area (Å²) in [6.45, 7) is 6.79. The molecule has 2 amide bonds. The molecule has 12 nitrogen and oxygen atoms in total. The maximum Gasteiger partial charge on any atom is 0.252 e. The number of hydrogen-bond acceptors (Lipinski definition) is 10. The van der Waals surface area contributed by atoms with Crippen molar-refractivity contribution < 1.29 is 38.0 Å². The molecule has 0 spiro atoms. The number of ether oxygens (including phenoxy) is 6. The monoisotopic (exact) mass is 1050 g/mol. The highest BCUT2D eigenvalue weighted by Gasteiger charge is 2.30. The van der Waals surface area contributed by atoms with Crippen LogP contribution in [0.25, 0.3) is 21.5 Å². The second-order valence-electron chi connectivity index (χ2n) is 19.7. The molecule has 4 N–H and O–H groups in total. The average Bonchev–Trinajstić information content (AvgIpc) is 3.51. The van der Waals surface area contributed by atoms with Crippen LogP contribution in [0.15, 0.2) is 182 Å². The Balaban J connectivity index is 0.000000190. The summed E-state index contributed by atoms with van der Waals surface area (Å²) in [5.74, 6) is 3.79. The van der Waals surface area contributed by atoms with Crippen LogP contribution in [-0.4, -0.2) is 90.7 Å². The molecule has 12 heteroatoms. The molecule has 2 fully saturated rings. The van der Waals surface area contributed by atoms with Gasteiger partial charge in [0.25, 0.3) is 11.8 Å². The number of para-hydroxylation sites is 2. The summed E-state index contributed by atoms with van der Waals surface area (Å²) in [7, 11) is 3.34. The minimum absolute atomic E-state index is 0.0115. The highest BCUT2D eigenvalue weighted by atomic mass is 16.5. The lowest BCUT2D eigenvalue weighted by Crippen LogP contribution is -2.50. The second-order valence-corrected chi connectivity index (χ2v) is 19.7. The number of benzene rings is 8. The minimum atomic E-state index is -0.0293. The van der Waals surface area contributed by atoms with E-state index in [0.717, 1.165) is 108 Å². The van der Waals surface area contributed by atoms with E-state index in [0.29, 0.717) is 50.8 Å². The second kappa shape index (κ2) is 28.6. The van der Waals surface area contributed by atoms with Crippen LogP contribution in [0.1, 0.15) is 80.5 Å². The summed E-state index contributed by atoms with van der Waals surface area (Å²) < 4.78 is 34.2. The van der Waals surface area contributed by atoms with Crippen molar-refractivity contribution in [3.8, 4) is 23.0 Å². The predicted octanol–water partition coefficient (Wildman–Crippen LogP) is 11.4. The summed E-state index contributed by atoms with van der Waals surface area (Å²) >= 11 is 0. The fourth-order valence-corrected chi connectivity index (χ4v) is 10.5. The van der Waals surface area contributed by atoms with E-state index in [1.54, 1.807) is 14.2 Å². The van der Waals surface area contributed by atoms with E-state index in [1.807, 2.05) is 158 Å². The van der Waals surface area contributed by atoms with Gasteiger partial charge in [-0.05, 0) is 107 Å². The van der Waals surface area contributed by atoms with Gasteiger partial charge in [-0.1, -0.05) is 133 Å². The maximum absolute atomic E-state index is 13.3. The van der Waals surface area contributed by atoms with Gasteiger partial charge < -0.3 is 49.7 Å². The maximum atomic E-state index is 13.3. The van der Waals surface area contributed by atoms with Crippen molar-refractivity contribution >= 4 is 33.4 Å². The summed E-state index contributed by atoms with van der Waals surface area (Å²) in [6, 6.07) is 60.2. The third-order valence-electron chi connectivity index (χ3n) is 14.6. The lowest BCUT2D eigenvalue weighted by molar-refractivity contribution is 0.0918. The van der Waals surface area contributed by atoms with Crippen molar-refractivity contribution in [1.29, 1.82) is 0 Å². The van der Waals surface area contributed by atoms with Crippen LogP contribution in [-0.2, 0) is 22.7 Å². The fraction of sp³-hybridized carbons (Fsp3) is 0.303. The summed E-state index contributed by atoms with van der Waals surface area (Å²) in [6.07, 6.45) is 3.52. The highest BCUT2D eigenvalue weighted by Crippen LogP contribution is 2.31. The summed E-state index contributed by atoms with van der Waals surface area (Å²) in [4.78, 5) is 26.6. The van der Waals surface area contributed by atoms with E-state index < -0.39 is 0 Å². The van der Waals surface area contributed by atoms with Crippen LogP contribution >= 0.6 is 0 Å². The van der Waals surface area contributed by atoms with Crippen LogP contribution in [0, 0.1) is 0 Å². The molecular weight excluding hydrogens is 977 g/mol. The number of hydrogen-bond donors (Lipinski definition) is 4. The van der Waals surface area contributed by atoms with E-state index in [9.17, 15) is 9.59 Å². The minimum Gasteiger partial charge on any atom is -0.496 e. The van der Waals surface area contributed by atoms with Gasteiger partial charge in [-0.25, -0.2) is 0 Å². The normalized spacial score (nSPS) is 17.1. The fourth-order valence-electron chi connectivity index (χ4n) is 10.5. The Hall–Kier alpha value is -7.74. The zero-order valence-corrected chi connectivity index (χ0v) is 44.8. The van der Waals surface area contributed by atoms with Crippen molar-refractivity contribution in [2.24, 2.45) is 0 Å². The molecule has 0 aromatic heterocycles. The van der Waals surface area contributed by atoms with E-state index in [4.69, 9.17) is 28.4 Å². The van der Waals surface area contributed by atoms with Crippen molar-refractivity contribution in [2.45, 2.75) is 62.8 Å². The van der Waals surface area contributed by atoms with Crippen LogP contribution in [0.2, 0.25) is 0 Å². The van der Waals surface area contributed by atoms with Gasteiger partial charge in [-0.15, -0.1) is 0 Å². The number of fused-ring (bicyclic) bond motifs is 2. The number of carbonyl (C=O) groups is 2. The van der Waals surface area contributed by atoms with Gasteiger partial charge in [-0.2, -0.15) is 0 Å². The lowest BCUT2D eigenvalue weighted by Gasteiger charge is -2.33. The first-order valence-electron chi connectivity index (χ1n) is 27.3. The first kappa shape index (κ1) is 55.0. The molecule has 2 saturated heterocycles. The smallest absolute Gasteiger partial charge is 0.252 e. The molecular formula is C66H72N4O8. The Morgan fingerprint density at radius 3 is 1.29 bits per heavy atom. The third-order valence-corrected chi connectivity index (χ3v) is 14.6. The van der Waals surface area contributed by atoms with Crippen molar-refractivity contribution in [1.82, 2.24) is 21.3 Å². The first-order valence-corrected chi connectivity index (χ1v) is 27.3. The molecule has 2 aliphatic rings. The van der Waals surface area contributed by atoms with Crippen molar-refractivity contribution in [2.75, 3.05) is 66.8 Å². The summed E-state index contributed by atoms with van der Waals surface area (Å²) in [5.41, 5.74) is 5.95. The van der Waals surface area contributed by atoms with Gasteiger partial charge in [0, 0.05) is 72.1 Å². The molecule has 8 aromatic rings. The largest absolute Gasteiger partial charge is 0.496 e. The quantitative estimate of drug-likeness (QED) is 0.0486. The number of nitrogens with one attached hydrogen (secondary N) is 4. The topological polar surface area (TPSA) is 138 Å². The highest BCUT2D eigenvalue weighted by molar-refractivity contribution is 6.08. The molecule has 2 aliphatic heterocycles. The molecule has 0 radical (unpaired) electrons. The number of carbonyl (C=O) groups excluding carboxylic acids is 2. The first-order chi connectivity index (χ1) is 38.4. The molecule has 2 heterocycles. The van der Waals surface area contributed by atoms with Crippen LogP contribution in [0.3, 0.4) is 0 Å². The van der Waals surface area contributed by atoms with E-state index in [2.05, 4.69) is 45.5 Å². The molecule has 4 atom stereocenters. The SMILES string of the molecule is COc1ccccc1COCCCOc1ccc([C@@H]2CCNC[C@@H]2NC(=O)c2cccc3ccccc23)cc1.COc1ccccc1COCCCOc1ccc([C@H]2CCNC[C@H]2NC(=O)c2cccc3ccccc23)cc1. The van der Waals surface area contributed by atoms with E-state index >= 15 is 0 Å². The molecule has 0 saturated carbocycles. The van der Waals surface area contributed by atoms with Gasteiger partial charge in [-0.3, -0.25) is 9.59 Å². The molecule has 404 valence electrons. The number of methoxy groups -OCH3 is 2. The Labute approximate surface area is 458 Å². The van der Waals surface area contributed by atoms with Crippen LogP contribution in [0.5, 0.6) is 23.0 Å². The molecule has 8 aromatic carbocycles. The Morgan fingerprint density at radius 2 is 0.859 bits per heavy atom. The third kappa shape index (κ3) is 14.8. The zero-order valence-electron chi connectivity index (χ0n) is 44.8. The van der Waals surface area contributed by atoms with Gasteiger partial charge in [0.2, 0.25) is 0 Å². The Bertz CT molecular complexity index is 2950. The van der Waals surface area contributed by atoms with Gasteiger partial charge in [0.05, 0.1) is 53.9 Å². The number of rotatable bonds is 22. The average molecular weight is 1050 g/mol. The number of amides is 2. The van der Waals surface area contributed by atoms with Gasteiger partial charge in [0.1, 0.15) is 23.0 Å². The zero-order chi connectivity index (χ0) is 53.7.